The van der Waals surface area contributed by atoms with Crippen molar-refractivity contribution in [2.45, 2.75) is 24.7 Å². The minimum atomic E-state index is -0.701. The van der Waals surface area contributed by atoms with E-state index in [2.05, 4.69) is 412 Å². The standard InChI is InChI=1S/C112H72N2O3S/c1-111(2)95-37-15-12-29-92(95)104-97(111)65-64-91-90-36-21-40-100(109(90)118-110(91)104)114(81-57-46-72(47-58-81)70-24-8-4-9-25-70)82-61-50-75(51-62-82)84-32-19-34-88-94-68-76(52-67-102(94)116-106(84)88)73-42-53-78(54-43-73)112(77-26-10-5-11-27-77)96-38-16-13-30-93(96)103-98(112)66-63-89-87-35-20-39-99(107(87)117-108(89)103)113(79-55-44-71(45-56-79)69-22-6-3-7-23-69)80-59-48-74(49-60-80)83-31-18-33-86-85-28-14-17-41-101(85)115-105(83)86/h3-68H,1-2H3. The summed E-state index contributed by atoms with van der Waals surface area (Å²) in [6.07, 6.45) is 0. The van der Waals surface area contributed by atoms with E-state index >= 15 is 0 Å². The van der Waals surface area contributed by atoms with Gasteiger partial charge < -0.3 is 23.1 Å². The largest absolute Gasteiger partial charge is 0.455 e. The number of para-hydroxylation sites is 4. The van der Waals surface area contributed by atoms with Crippen LogP contribution in [0.15, 0.2) is 414 Å². The fourth-order valence-corrected chi connectivity index (χ4v) is 21.2. The maximum atomic E-state index is 7.64. The van der Waals surface area contributed by atoms with E-state index in [4.69, 9.17) is 13.3 Å². The lowest BCUT2D eigenvalue weighted by Gasteiger charge is -2.34. The van der Waals surface area contributed by atoms with Gasteiger partial charge in [-0.15, -0.1) is 11.3 Å². The Balaban J connectivity index is 0.586. The highest BCUT2D eigenvalue weighted by Crippen LogP contribution is 2.61. The molecule has 0 saturated heterocycles. The van der Waals surface area contributed by atoms with E-state index in [1.54, 1.807) is 0 Å². The first-order valence-corrected chi connectivity index (χ1v) is 41.4. The Morgan fingerprint density at radius 1 is 0.229 bits per heavy atom. The molecule has 0 bridgehead atoms. The molecule has 2 aliphatic carbocycles. The summed E-state index contributed by atoms with van der Waals surface area (Å²) in [5.41, 5.74) is 34.2. The molecule has 4 aromatic heterocycles. The molecule has 22 aromatic rings. The second kappa shape index (κ2) is 26.4. The third-order valence-corrected chi connectivity index (χ3v) is 26.7. The molecular formula is C112H72N2O3S. The molecule has 118 heavy (non-hydrogen) atoms. The molecule has 0 spiro atoms. The van der Waals surface area contributed by atoms with Gasteiger partial charge in [-0.05, 0) is 168 Å². The third kappa shape index (κ3) is 10.2. The molecule has 5 nitrogen and oxygen atoms in total. The topological polar surface area (TPSA) is 45.9 Å². The van der Waals surface area contributed by atoms with Crippen LogP contribution in [0.5, 0.6) is 0 Å². The van der Waals surface area contributed by atoms with Gasteiger partial charge in [0.25, 0.3) is 0 Å². The van der Waals surface area contributed by atoms with Gasteiger partial charge in [-0.3, -0.25) is 0 Å². The number of furan rings is 3. The highest BCUT2D eigenvalue weighted by Gasteiger charge is 2.48. The molecule has 1 atom stereocenters. The van der Waals surface area contributed by atoms with Crippen LogP contribution in [0.1, 0.15) is 47.2 Å². The predicted molar refractivity (Wildman–Crippen MR) is 493 cm³/mol. The summed E-state index contributed by atoms with van der Waals surface area (Å²) in [5.74, 6) is 0. The Labute approximate surface area is 686 Å². The van der Waals surface area contributed by atoms with Gasteiger partial charge in [-0.1, -0.05) is 335 Å². The third-order valence-electron chi connectivity index (χ3n) is 25.4. The average Bonchev–Trinajstić information content (AvgIpc) is 1.52. The Morgan fingerprint density at radius 3 is 1.26 bits per heavy atom. The van der Waals surface area contributed by atoms with Crippen molar-refractivity contribution >= 4 is 131 Å². The number of benzene rings is 18. The van der Waals surface area contributed by atoms with Crippen LogP contribution in [0.25, 0.3) is 164 Å². The van der Waals surface area contributed by atoms with Crippen LogP contribution >= 0.6 is 11.3 Å². The molecule has 2 aliphatic rings. The number of fused-ring (bicyclic) bond motifs is 20. The van der Waals surface area contributed by atoms with Gasteiger partial charge in [0.1, 0.15) is 27.9 Å². The molecule has 0 fully saturated rings. The second-order valence-electron chi connectivity index (χ2n) is 32.0. The van der Waals surface area contributed by atoms with Crippen LogP contribution in [0.4, 0.5) is 34.1 Å². The first-order valence-electron chi connectivity index (χ1n) is 40.6. The molecule has 24 rings (SSSR count). The van der Waals surface area contributed by atoms with E-state index in [0.29, 0.717) is 0 Å². The lowest BCUT2D eigenvalue weighted by atomic mass is 9.67. The molecule has 4 heterocycles. The van der Waals surface area contributed by atoms with Crippen molar-refractivity contribution in [2.24, 2.45) is 0 Å². The molecule has 0 N–H and O–H groups in total. The highest BCUT2D eigenvalue weighted by atomic mass is 32.1. The van der Waals surface area contributed by atoms with Crippen LogP contribution in [0.2, 0.25) is 0 Å². The summed E-state index contributed by atoms with van der Waals surface area (Å²) < 4.78 is 23.8. The summed E-state index contributed by atoms with van der Waals surface area (Å²) in [5, 5.41) is 9.02. The molecule has 0 radical (unpaired) electrons. The van der Waals surface area contributed by atoms with Gasteiger partial charge in [-0.25, -0.2) is 0 Å². The van der Waals surface area contributed by atoms with Gasteiger partial charge in [0.15, 0.2) is 5.58 Å². The summed E-state index contributed by atoms with van der Waals surface area (Å²) in [6, 6.07) is 146. The van der Waals surface area contributed by atoms with E-state index in [9.17, 15) is 0 Å². The van der Waals surface area contributed by atoms with E-state index in [1.165, 1.54) is 81.4 Å². The van der Waals surface area contributed by atoms with E-state index in [1.807, 2.05) is 23.5 Å². The summed E-state index contributed by atoms with van der Waals surface area (Å²) in [6.45, 7) is 4.74. The van der Waals surface area contributed by atoms with Crippen molar-refractivity contribution in [1.29, 1.82) is 0 Å². The molecule has 554 valence electrons. The van der Waals surface area contributed by atoms with Crippen LogP contribution in [-0.2, 0) is 10.8 Å². The Morgan fingerprint density at radius 2 is 0.636 bits per heavy atom. The van der Waals surface area contributed by atoms with Gasteiger partial charge in [0.2, 0.25) is 0 Å². The predicted octanol–water partition coefficient (Wildman–Crippen LogP) is 31.7. The van der Waals surface area contributed by atoms with Crippen LogP contribution < -0.4 is 9.80 Å². The first kappa shape index (κ1) is 67.7. The molecule has 0 saturated carbocycles. The molecule has 18 aromatic carbocycles. The maximum absolute atomic E-state index is 7.64. The summed E-state index contributed by atoms with van der Waals surface area (Å²) in [4.78, 5) is 4.79. The van der Waals surface area contributed by atoms with Crippen LogP contribution in [-0.4, -0.2) is 0 Å². The highest BCUT2D eigenvalue weighted by molar-refractivity contribution is 7.27. The Kier molecular flexibility index (Phi) is 15.1. The average molecular weight is 1530 g/mol. The summed E-state index contributed by atoms with van der Waals surface area (Å²) >= 11 is 1.92. The zero-order chi connectivity index (χ0) is 77.9. The zero-order valence-electron chi connectivity index (χ0n) is 64.6. The lowest BCUT2D eigenvalue weighted by molar-refractivity contribution is 0.661. The van der Waals surface area contributed by atoms with Crippen molar-refractivity contribution in [2.75, 3.05) is 9.80 Å². The molecule has 0 amide bonds. The second-order valence-corrected chi connectivity index (χ2v) is 33.0. The van der Waals surface area contributed by atoms with Gasteiger partial charge in [0, 0.05) is 98.2 Å². The van der Waals surface area contributed by atoms with Crippen molar-refractivity contribution in [3.63, 3.8) is 0 Å². The zero-order valence-corrected chi connectivity index (χ0v) is 65.4. The minimum absolute atomic E-state index is 0.0920. The van der Waals surface area contributed by atoms with Crippen molar-refractivity contribution < 1.29 is 13.3 Å². The van der Waals surface area contributed by atoms with Crippen molar-refractivity contribution in [3.05, 3.63) is 434 Å². The molecule has 0 aliphatic heterocycles. The van der Waals surface area contributed by atoms with Gasteiger partial charge >= 0.3 is 0 Å². The van der Waals surface area contributed by atoms with E-state index in [-0.39, 0.29) is 5.41 Å². The van der Waals surface area contributed by atoms with E-state index in [0.717, 1.165) is 150 Å². The molecular weight excluding hydrogens is 1450 g/mol. The van der Waals surface area contributed by atoms with Crippen molar-refractivity contribution in [3.8, 4) is 77.9 Å². The smallest absolute Gasteiger partial charge is 0.159 e. The number of nitrogens with zero attached hydrogens (tertiary/aromatic N) is 2. The number of hydrogen-bond donors (Lipinski definition) is 0. The number of anilines is 6. The fraction of sp³-hybridized carbons (Fsp3) is 0.0357. The maximum Gasteiger partial charge on any atom is 0.159 e. The first-order chi connectivity index (χ1) is 58.3. The quantitative estimate of drug-likeness (QED) is 0.115. The number of rotatable bonds is 13. The van der Waals surface area contributed by atoms with Crippen LogP contribution in [0, 0.1) is 0 Å². The molecule has 1 unspecified atom stereocenters. The SMILES string of the molecule is CC1(C)c2ccccc2-c2c1ccc1c2sc2c(N(c3ccc(-c4ccccc4)cc3)c3ccc(-c4cccc5c4oc4ccc(-c6ccc(C7(c8ccccc8)c8ccccc8-c8c7ccc7c8oc8c(N(c9ccc(-c%10ccccc%10)cc9)c9ccc(-c%10cccc%11c%10oc%10ccccc%10%11)cc9)cccc87)cc6)cc45)cc3)cccc21. The van der Waals surface area contributed by atoms with Gasteiger partial charge in [0.05, 0.1) is 21.5 Å². The van der Waals surface area contributed by atoms with Crippen molar-refractivity contribution in [1.82, 2.24) is 0 Å². The minimum Gasteiger partial charge on any atom is -0.455 e. The number of hydrogen-bond acceptors (Lipinski definition) is 6. The molecule has 6 heteroatoms. The normalized spacial score (nSPS) is 13.9. The monoisotopic (exact) mass is 1520 g/mol. The van der Waals surface area contributed by atoms with Gasteiger partial charge in [-0.2, -0.15) is 0 Å². The Bertz CT molecular complexity index is 7790. The van der Waals surface area contributed by atoms with E-state index < -0.39 is 5.41 Å². The Hall–Kier alpha value is -14.8. The summed E-state index contributed by atoms with van der Waals surface area (Å²) in [7, 11) is 0. The van der Waals surface area contributed by atoms with Crippen LogP contribution in [0.3, 0.4) is 0 Å². The lowest BCUT2D eigenvalue weighted by Crippen LogP contribution is -2.28. The fourth-order valence-electron chi connectivity index (χ4n) is 19.8. The number of thiophene rings is 1.